The molecule has 0 aromatic heterocycles. The van der Waals surface area contributed by atoms with Crippen LogP contribution in [0.4, 0.5) is 0 Å². The van der Waals surface area contributed by atoms with Crippen LogP contribution in [-0.2, 0) is 0 Å². The van der Waals surface area contributed by atoms with Gasteiger partial charge in [-0.1, -0.05) is 56.7 Å². The molecule has 2 atom stereocenters. The summed E-state index contributed by atoms with van der Waals surface area (Å²) in [5, 5.41) is 0. The van der Waals surface area contributed by atoms with Crippen LogP contribution in [0.15, 0.2) is 30.3 Å². The van der Waals surface area contributed by atoms with Crippen molar-refractivity contribution in [3.63, 3.8) is 0 Å². The molecule has 13 heavy (non-hydrogen) atoms. The van der Waals surface area contributed by atoms with Crippen molar-refractivity contribution >= 4 is 6.08 Å². The Morgan fingerprint density at radius 1 is 1.31 bits per heavy atom. The fourth-order valence-corrected chi connectivity index (χ4v) is 2.03. The average molecular weight is 172 g/mol. The molecule has 0 heterocycles. The lowest BCUT2D eigenvalue weighted by atomic mass is 9.87. The Morgan fingerprint density at radius 2 is 2.08 bits per heavy atom. The fourth-order valence-electron chi connectivity index (χ4n) is 2.03. The summed E-state index contributed by atoms with van der Waals surface area (Å²) in [4.78, 5) is 0. The largest absolute Gasteiger partial charge is 0.0761 e. The van der Waals surface area contributed by atoms with E-state index in [2.05, 4.69) is 50.3 Å². The molecule has 0 radical (unpaired) electrons. The topological polar surface area (TPSA) is 0 Å². The second-order valence-electron chi connectivity index (χ2n) is 3.90. The van der Waals surface area contributed by atoms with Gasteiger partial charge in [0.15, 0.2) is 0 Å². The van der Waals surface area contributed by atoms with Gasteiger partial charge in [0.1, 0.15) is 0 Å². The van der Waals surface area contributed by atoms with Gasteiger partial charge >= 0.3 is 0 Å². The highest BCUT2D eigenvalue weighted by Gasteiger charge is 2.20. The van der Waals surface area contributed by atoms with Crippen LogP contribution in [0.1, 0.15) is 37.3 Å². The molecule has 0 N–H and O–H groups in total. The molecule has 1 aliphatic carbocycles. The van der Waals surface area contributed by atoms with Crippen molar-refractivity contribution in [2.45, 2.75) is 26.2 Å². The number of hydrogen-bond acceptors (Lipinski definition) is 0. The molecule has 0 saturated heterocycles. The minimum absolute atomic E-state index is 0.654. The third-order valence-corrected chi connectivity index (χ3v) is 3.10. The van der Waals surface area contributed by atoms with Crippen LogP contribution < -0.4 is 0 Å². The highest BCUT2D eigenvalue weighted by molar-refractivity contribution is 5.62. The Bertz CT molecular complexity index is 323. The quantitative estimate of drug-likeness (QED) is 0.635. The molecule has 1 aromatic carbocycles. The Balaban J connectivity index is 2.33. The predicted octanol–water partition coefficient (Wildman–Crippen LogP) is 3.84. The van der Waals surface area contributed by atoms with Gasteiger partial charge < -0.3 is 0 Å². The summed E-state index contributed by atoms with van der Waals surface area (Å²) < 4.78 is 0. The number of rotatable bonds is 2. The van der Waals surface area contributed by atoms with Gasteiger partial charge in [-0.2, -0.15) is 0 Å². The molecule has 0 heteroatoms. The first kappa shape index (κ1) is 8.55. The summed E-state index contributed by atoms with van der Waals surface area (Å²) in [5.74, 6) is 1.42. The van der Waals surface area contributed by atoms with E-state index in [1.807, 2.05) is 0 Å². The van der Waals surface area contributed by atoms with Crippen LogP contribution in [0.2, 0.25) is 0 Å². The smallest absolute Gasteiger partial charge is 0.00527 e. The zero-order chi connectivity index (χ0) is 9.26. The van der Waals surface area contributed by atoms with Gasteiger partial charge in [0.2, 0.25) is 0 Å². The van der Waals surface area contributed by atoms with E-state index >= 15 is 0 Å². The molecule has 0 amide bonds. The zero-order valence-corrected chi connectivity index (χ0v) is 8.33. The van der Waals surface area contributed by atoms with Gasteiger partial charge in [-0.3, -0.25) is 0 Å². The number of hydrogen-bond donors (Lipinski definition) is 0. The molecule has 68 valence electrons. The molecule has 1 aliphatic rings. The van der Waals surface area contributed by atoms with E-state index in [0.29, 0.717) is 5.92 Å². The molecular formula is C13H16. The minimum atomic E-state index is 0.654. The monoisotopic (exact) mass is 172 g/mol. The van der Waals surface area contributed by atoms with Gasteiger partial charge in [-0.15, -0.1) is 0 Å². The summed E-state index contributed by atoms with van der Waals surface area (Å²) in [6.07, 6.45) is 5.86. The third-order valence-electron chi connectivity index (χ3n) is 3.10. The maximum atomic E-state index is 2.35. The minimum Gasteiger partial charge on any atom is -0.0761 e. The molecular weight excluding hydrogens is 156 g/mol. The van der Waals surface area contributed by atoms with E-state index in [4.69, 9.17) is 0 Å². The average Bonchev–Trinajstić information content (AvgIpc) is 2.60. The normalized spacial score (nSPS) is 21.5. The lowest BCUT2D eigenvalue weighted by molar-refractivity contribution is 0.511. The highest BCUT2D eigenvalue weighted by Crippen LogP contribution is 2.36. The molecule has 0 saturated carbocycles. The van der Waals surface area contributed by atoms with Crippen LogP contribution in [0, 0.1) is 5.92 Å². The first-order valence-electron chi connectivity index (χ1n) is 5.10. The lowest BCUT2D eigenvalue weighted by Gasteiger charge is -2.17. The van der Waals surface area contributed by atoms with Crippen LogP contribution in [-0.4, -0.2) is 0 Å². The summed E-state index contributed by atoms with van der Waals surface area (Å²) in [5.41, 5.74) is 2.92. The van der Waals surface area contributed by atoms with E-state index in [1.165, 1.54) is 17.5 Å². The van der Waals surface area contributed by atoms with Crippen molar-refractivity contribution in [1.82, 2.24) is 0 Å². The van der Waals surface area contributed by atoms with Crippen molar-refractivity contribution in [2.75, 3.05) is 0 Å². The van der Waals surface area contributed by atoms with E-state index in [0.717, 1.165) is 5.92 Å². The standard InChI is InChI=1S/C13H16/c1-3-10(2)12-9-8-11-6-4-5-7-13(11)12/h4-10,12H,3H2,1-2H3. The summed E-state index contributed by atoms with van der Waals surface area (Å²) in [7, 11) is 0. The van der Waals surface area contributed by atoms with Gasteiger partial charge in [-0.25, -0.2) is 0 Å². The molecule has 0 aliphatic heterocycles. The van der Waals surface area contributed by atoms with Gasteiger partial charge in [-0.05, 0) is 17.0 Å². The van der Waals surface area contributed by atoms with Gasteiger partial charge in [0, 0.05) is 5.92 Å². The molecule has 2 rings (SSSR count). The van der Waals surface area contributed by atoms with Crippen LogP contribution in [0.25, 0.3) is 6.08 Å². The Kier molecular flexibility index (Phi) is 2.22. The van der Waals surface area contributed by atoms with Crippen LogP contribution >= 0.6 is 0 Å². The van der Waals surface area contributed by atoms with Crippen molar-refractivity contribution in [2.24, 2.45) is 5.92 Å². The van der Waals surface area contributed by atoms with Crippen LogP contribution in [0.5, 0.6) is 0 Å². The Labute approximate surface area is 80.3 Å². The highest BCUT2D eigenvalue weighted by atomic mass is 14.2. The van der Waals surface area contributed by atoms with E-state index in [9.17, 15) is 0 Å². The van der Waals surface area contributed by atoms with E-state index in [-0.39, 0.29) is 0 Å². The number of allylic oxidation sites excluding steroid dienone is 1. The lowest BCUT2D eigenvalue weighted by Crippen LogP contribution is -2.04. The predicted molar refractivity (Wildman–Crippen MR) is 57.7 cm³/mol. The van der Waals surface area contributed by atoms with Crippen molar-refractivity contribution in [3.8, 4) is 0 Å². The molecule has 0 spiro atoms. The second kappa shape index (κ2) is 3.37. The Hall–Kier alpha value is -1.04. The van der Waals surface area contributed by atoms with Crippen molar-refractivity contribution in [3.05, 3.63) is 41.5 Å². The molecule has 0 bridgehead atoms. The fraction of sp³-hybridized carbons (Fsp3) is 0.385. The number of benzene rings is 1. The molecule has 0 fully saturated rings. The SMILES string of the molecule is CCC(C)C1C=Cc2ccccc21. The van der Waals surface area contributed by atoms with Gasteiger partial charge in [0.25, 0.3) is 0 Å². The first-order chi connectivity index (χ1) is 6.33. The summed E-state index contributed by atoms with van der Waals surface area (Å²) >= 11 is 0. The first-order valence-corrected chi connectivity index (χ1v) is 5.10. The number of fused-ring (bicyclic) bond motifs is 1. The molecule has 1 aromatic rings. The third kappa shape index (κ3) is 1.41. The molecule has 2 unspecified atom stereocenters. The van der Waals surface area contributed by atoms with Crippen LogP contribution in [0.3, 0.4) is 0 Å². The summed E-state index contributed by atoms with van der Waals surface area (Å²) in [6.45, 7) is 4.59. The second-order valence-corrected chi connectivity index (χ2v) is 3.90. The Morgan fingerprint density at radius 3 is 2.85 bits per heavy atom. The van der Waals surface area contributed by atoms with Gasteiger partial charge in [0.05, 0.1) is 0 Å². The zero-order valence-electron chi connectivity index (χ0n) is 8.33. The maximum Gasteiger partial charge on any atom is 0.00527 e. The van der Waals surface area contributed by atoms with E-state index < -0.39 is 0 Å². The maximum absolute atomic E-state index is 2.35. The summed E-state index contributed by atoms with van der Waals surface area (Å²) in [6, 6.07) is 8.71. The van der Waals surface area contributed by atoms with Crippen molar-refractivity contribution < 1.29 is 0 Å². The van der Waals surface area contributed by atoms with E-state index in [1.54, 1.807) is 0 Å². The molecule has 0 nitrogen and oxygen atoms in total. The van der Waals surface area contributed by atoms with Crippen molar-refractivity contribution in [1.29, 1.82) is 0 Å².